The number of hydrogen-bond acceptors (Lipinski definition) is 4. The van der Waals surface area contributed by atoms with Gasteiger partial charge in [-0.2, -0.15) is 8.78 Å². The van der Waals surface area contributed by atoms with Crippen LogP contribution in [0.15, 0.2) is 54.9 Å². The van der Waals surface area contributed by atoms with Gasteiger partial charge in [-0.15, -0.1) is 0 Å². The Morgan fingerprint density at radius 1 is 1.04 bits per heavy atom. The topological polar surface area (TPSA) is 44.2 Å². The highest BCUT2D eigenvalue weighted by molar-refractivity contribution is 5.75. The second-order valence-electron chi connectivity index (χ2n) is 6.11. The van der Waals surface area contributed by atoms with Crippen LogP contribution in [0.2, 0.25) is 0 Å². The lowest BCUT2D eigenvalue weighted by Gasteiger charge is -2.14. The van der Waals surface area contributed by atoms with E-state index in [0.29, 0.717) is 17.4 Å². The maximum atomic E-state index is 13.3. The van der Waals surface area contributed by atoms with Gasteiger partial charge in [-0.3, -0.25) is 4.98 Å². The summed E-state index contributed by atoms with van der Waals surface area (Å²) in [6, 6.07) is 12.3. The molecule has 0 saturated carbocycles. The third-order valence-electron chi connectivity index (χ3n) is 4.13. The van der Waals surface area contributed by atoms with Crippen molar-refractivity contribution in [2.45, 2.75) is 26.2 Å². The summed E-state index contributed by atoms with van der Waals surface area (Å²) >= 11 is 0. The van der Waals surface area contributed by atoms with E-state index < -0.39 is 5.92 Å². The smallest absolute Gasteiger partial charge is 0.286 e. The zero-order chi connectivity index (χ0) is 19.4. The number of methoxy groups -OCH3 is 1. The molecule has 0 atom stereocenters. The SMILES string of the molecule is CCc1ccc(OC)c(-c2cccnc2Oc2ccc(C(C)(F)F)nc2)c1. The van der Waals surface area contributed by atoms with Crippen molar-refractivity contribution < 1.29 is 18.3 Å². The highest BCUT2D eigenvalue weighted by atomic mass is 19.3. The number of ether oxygens (including phenoxy) is 2. The molecule has 0 unspecified atom stereocenters. The van der Waals surface area contributed by atoms with Crippen LogP contribution in [0.25, 0.3) is 11.1 Å². The van der Waals surface area contributed by atoms with E-state index in [1.165, 1.54) is 18.3 Å². The number of pyridine rings is 2. The number of benzene rings is 1. The van der Waals surface area contributed by atoms with Gasteiger partial charge in [0.2, 0.25) is 5.88 Å². The molecular weight excluding hydrogens is 350 g/mol. The molecule has 3 rings (SSSR count). The molecule has 140 valence electrons. The van der Waals surface area contributed by atoms with Crippen molar-refractivity contribution in [3.05, 3.63) is 66.1 Å². The number of aryl methyl sites for hydroxylation is 1. The molecule has 0 aliphatic rings. The first-order valence-corrected chi connectivity index (χ1v) is 8.57. The van der Waals surface area contributed by atoms with Crippen molar-refractivity contribution in [1.29, 1.82) is 0 Å². The van der Waals surface area contributed by atoms with Crippen LogP contribution in [-0.2, 0) is 12.3 Å². The Bertz CT molecular complexity index is 922. The van der Waals surface area contributed by atoms with E-state index >= 15 is 0 Å². The molecule has 0 spiro atoms. The lowest BCUT2D eigenvalue weighted by molar-refractivity contribution is 0.0127. The summed E-state index contributed by atoms with van der Waals surface area (Å²) in [6.45, 7) is 2.88. The molecule has 0 bridgehead atoms. The number of aromatic nitrogens is 2. The van der Waals surface area contributed by atoms with Gasteiger partial charge < -0.3 is 9.47 Å². The molecule has 2 heterocycles. The van der Waals surface area contributed by atoms with Gasteiger partial charge in [0.15, 0.2) is 0 Å². The fraction of sp³-hybridized carbons (Fsp3) is 0.238. The van der Waals surface area contributed by atoms with Crippen LogP contribution < -0.4 is 9.47 Å². The van der Waals surface area contributed by atoms with Crippen molar-refractivity contribution in [3.63, 3.8) is 0 Å². The summed E-state index contributed by atoms with van der Waals surface area (Å²) in [5.41, 5.74) is 2.43. The average molecular weight is 370 g/mol. The molecular formula is C21H20F2N2O2. The van der Waals surface area contributed by atoms with Crippen LogP contribution in [0.5, 0.6) is 17.4 Å². The normalized spacial score (nSPS) is 11.3. The second-order valence-corrected chi connectivity index (χ2v) is 6.11. The maximum absolute atomic E-state index is 13.3. The van der Waals surface area contributed by atoms with Gasteiger partial charge in [-0.1, -0.05) is 13.0 Å². The minimum atomic E-state index is -3.00. The first-order chi connectivity index (χ1) is 12.9. The molecule has 0 saturated heterocycles. The summed E-state index contributed by atoms with van der Waals surface area (Å²) in [7, 11) is 1.61. The summed E-state index contributed by atoms with van der Waals surface area (Å²) in [6.07, 6.45) is 3.76. The Kier molecular flexibility index (Phi) is 5.35. The van der Waals surface area contributed by atoms with Crippen molar-refractivity contribution in [2.75, 3.05) is 7.11 Å². The van der Waals surface area contributed by atoms with E-state index in [-0.39, 0.29) is 5.69 Å². The van der Waals surface area contributed by atoms with Gasteiger partial charge in [0, 0.05) is 24.2 Å². The average Bonchev–Trinajstić information content (AvgIpc) is 2.67. The van der Waals surface area contributed by atoms with Crippen molar-refractivity contribution in [1.82, 2.24) is 9.97 Å². The zero-order valence-electron chi connectivity index (χ0n) is 15.4. The maximum Gasteiger partial charge on any atom is 0.286 e. The van der Waals surface area contributed by atoms with Crippen LogP contribution in [-0.4, -0.2) is 17.1 Å². The van der Waals surface area contributed by atoms with Gasteiger partial charge in [-0.25, -0.2) is 4.98 Å². The number of alkyl halides is 2. The predicted molar refractivity (Wildman–Crippen MR) is 99.5 cm³/mol. The third-order valence-corrected chi connectivity index (χ3v) is 4.13. The van der Waals surface area contributed by atoms with Crippen LogP contribution >= 0.6 is 0 Å². The minimum Gasteiger partial charge on any atom is -0.496 e. The summed E-state index contributed by atoms with van der Waals surface area (Å²) in [4.78, 5) is 8.08. The Labute approximate surface area is 156 Å². The molecule has 4 nitrogen and oxygen atoms in total. The van der Waals surface area contributed by atoms with E-state index in [0.717, 1.165) is 30.0 Å². The molecule has 0 aliphatic heterocycles. The van der Waals surface area contributed by atoms with Crippen molar-refractivity contribution >= 4 is 0 Å². The number of hydrogen-bond donors (Lipinski definition) is 0. The largest absolute Gasteiger partial charge is 0.496 e. The van der Waals surface area contributed by atoms with Gasteiger partial charge in [0.25, 0.3) is 5.92 Å². The first kappa shape index (κ1) is 18.8. The molecule has 0 N–H and O–H groups in total. The van der Waals surface area contributed by atoms with E-state index in [1.54, 1.807) is 19.4 Å². The highest BCUT2D eigenvalue weighted by Gasteiger charge is 2.26. The van der Waals surface area contributed by atoms with Crippen LogP contribution in [0.1, 0.15) is 25.1 Å². The second kappa shape index (κ2) is 7.70. The fourth-order valence-electron chi connectivity index (χ4n) is 2.67. The van der Waals surface area contributed by atoms with Gasteiger partial charge in [0.1, 0.15) is 17.2 Å². The molecule has 0 fully saturated rings. The number of nitrogens with zero attached hydrogens (tertiary/aromatic N) is 2. The Morgan fingerprint density at radius 2 is 1.85 bits per heavy atom. The predicted octanol–water partition coefficient (Wildman–Crippen LogP) is 5.62. The Hall–Kier alpha value is -3.02. The van der Waals surface area contributed by atoms with Gasteiger partial charge >= 0.3 is 0 Å². The summed E-state index contributed by atoms with van der Waals surface area (Å²) < 4.78 is 38.0. The van der Waals surface area contributed by atoms with E-state index in [2.05, 4.69) is 16.9 Å². The standard InChI is InChI=1S/C21H20F2N2O2/c1-4-14-7-9-18(26-3)17(12-14)16-6-5-11-24-20(16)27-15-8-10-19(25-13-15)21(2,22)23/h5-13H,4H2,1-3H3. The van der Waals surface area contributed by atoms with Gasteiger partial charge in [0.05, 0.1) is 13.3 Å². The molecule has 2 aromatic heterocycles. The first-order valence-electron chi connectivity index (χ1n) is 8.57. The van der Waals surface area contributed by atoms with Crippen LogP contribution in [0.4, 0.5) is 8.78 Å². The van der Waals surface area contributed by atoms with E-state index in [1.807, 2.05) is 24.3 Å². The number of rotatable bonds is 6. The van der Waals surface area contributed by atoms with E-state index in [4.69, 9.17) is 9.47 Å². The molecule has 0 aliphatic carbocycles. The van der Waals surface area contributed by atoms with Crippen molar-refractivity contribution in [3.8, 4) is 28.5 Å². The summed E-state index contributed by atoms with van der Waals surface area (Å²) in [5.74, 6) is -1.62. The van der Waals surface area contributed by atoms with E-state index in [9.17, 15) is 8.78 Å². The fourth-order valence-corrected chi connectivity index (χ4v) is 2.67. The number of halogens is 2. The monoisotopic (exact) mass is 370 g/mol. The van der Waals surface area contributed by atoms with Crippen molar-refractivity contribution in [2.24, 2.45) is 0 Å². The third kappa shape index (κ3) is 4.22. The lowest BCUT2D eigenvalue weighted by Crippen LogP contribution is -2.09. The lowest BCUT2D eigenvalue weighted by atomic mass is 10.0. The molecule has 6 heteroatoms. The van der Waals surface area contributed by atoms with Gasteiger partial charge in [-0.05, 0) is 48.4 Å². The minimum absolute atomic E-state index is 0.312. The van der Waals surface area contributed by atoms with Crippen LogP contribution in [0.3, 0.4) is 0 Å². The molecule has 0 radical (unpaired) electrons. The molecule has 3 aromatic rings. The quantitative estimate of drug-likeness (QED) is 0.565. The van der Waals surface area contributed by atoms with Crippen LogP contribution in [0, 0.1) is 0 Å². The zero-order valence-corrected chi connectivity index (χ0v) is 15.4. The Morgan fingerprint density at radius 3 is 2.48 bits per heavy atom. The molecule has 27 heavy (non-hydrogen) atoms. The highest BCUT2D eigenvalue weighted by Crippen LogP contribution is 2.37. The summed E-state index contributed by atoms with van der Waals surface area (Å²) in [5, 5.41) is 0. The molecule has 1 aromatic carbocycles. The Balaban J connectivity index is 1.98. The molecule has 0 amide bonds.